The van der Waals surface area contributed by atoms with Gasteiger partial charge in [-0.1, -0.05) is 36.4 Å². The van der Waals surface area contributed by atoms with E-state index in [0.29, 0.717) is 12.1 Å². The van der Waals surface area contributed by atoms with Gasteiger partial charge in [-0.2, -0.15) is 0 Å². The Bertz CT molecular complexity index is 1170. The average molecular weight is 449 g/mol. The second-order valence-electron chi connectivity index (χ2n) is 9.02. The predicted molar refractivity (Wildman–Crippen MR) is 124 cm³/mol. The summed E-state index contributed by atoms with van der Waals surface area (Å²) in [5.41, 5.74) is 3.72. The second kappa shape index (κ2) is 8.60. The van der Waals surface area contributed by atoms with E-state index in [1.54, 1.807) is 4.90 Å². The third kappa shape index (κ3) is 4.35. The van der Waals surface area contributed by atoms with E-state index in [1.807, 2.05) is 49.4 Å². The predicted octanol–water partition coefficient (Wildman–Crippen LogP) is 5.93. The number of anilines is 1. The summed E-state index contributed by atoms with van der Waals surface area (Å²) in [6.45, 7) is 4.98. The molecular weight excluding hydrogens is 422 g/mol. The molecule has 1 spiro atoms. The minimum atomic E-state index is -0.576. The van der Waals surface area contributed by atoms with Crippen LogP contribution in [0.1, 0.15) is 24.0 Å². The van der Waals surface area contributed by atoms with Crippen molar-refractivity contribution in [3.05, 3.63) is 89.5 Å². The van der Waals surface area contributed by atoms with Gasteiger partial charge >= 0.3 is 6.09 Å². The van der Waals surface area contributed by atoms with Gasteiger partial charge in [-0.05, 0) is 47.9 Å². The summed E-state index contributed by atoms with van der Waals surface area (Å²) < 4.78 is 33.3. The van der Waals surface area contributed by atoms with Gasteiger partial charge in [0.25, 0.3) is 0 Å². The molecule has 33 heavy (non-hydrogen) atoms. The first-order chi connectivity index (χ1) is 15.9. The minimum Gasteiger partial charge on any atom is -0.441 e. The van der Waals surface area contributed by atoms with Crippen molar-refractivity contribution in [3.63, 3.8) is 0 Å². The molecule has 4 nitrogen and oxygen atoms in total. The van der Waals surface area contributed by atoms with Crippen molar-refractivity contribution < 1.29 is 18.3 Å². The first-order valence-corrected chi connectivity index (χ1v) is 11.3. The van der Waals surface area contributed by atoms with Crippen molar-refractivity contribution in [2.24, 2.45) is 0 Å². The fraction of sp³-hybridized carbons (Fsp3) is 0.296. The molecule has 3 aromatic rings. The van der Waals surface area contributed by atoms with Crippen LogP contribution >= 0.6 is 0 Å². The number of rotatable bonds is 4. The molecule has 0 unspecified atom stereocenters. The first-order valence-electron chi connectivity index (χ1n) is 11.3. The van der Waals surface area contributed by atoms with Gasteiger partial charge < -0.3 is 4.74 Å². The van der Waals surface area contributed by atoms with Crippen LogP contribution in [0.25, 0.3) is 11.1 Å². The lowest BCUT2D eigenvalue weighted by Crippen LogP contribution is -2.46. The number of carbonyl (C=O) groups is 1. The summed E-state index contributed by atoms with van der Waals surface area (Å²) in [7, 11) is 0. The van der Waals surface area contributed by atoms with Crippen molar-refractivity contribution in [3.8, 4) is 11.1 Å². The Morgan fingerprint density at radius 1 is 0.939 bits per heavy atom. The maximum atomic E-state index is 14.2. The summed E-state index contributed by atoms with van der Waals surface area (Å²) in [5.74, 6) is -1.13. The third-order valence-corrected chi connectivity index (χ3v) is 6.72. The molecule has 0 aromatic heterocycles. The Labute approximate surface area is 192 Å². The van der Waals surface area contributed by atoms with Gasteiger partial charge in [0, 0.05) is 49.8 Å². The SMILES string of the molecule is Cc1cc(CN2CCC3(CC2)CN(c2ccccc2)C(=O)O3)ccc1-c1ccc(F)cc1F. The van der Waals surface area contributed by atoms with E-state index in [9.17, 15) is 13.6 Å². The van der Waals surface area contributed by atoms with Crippen LogP contribution in [-0.4, -0.2) is 36.2 Å². The van der Waals surface area contributed by atoms with Crippen LogP contribution < -0.4 is 4.90 Å². The molecule has 1 amide bonds. The molecule has 6 heteroatoms. The fourth-order valence-corrected chi connectivity index (χ4v) is 4.90. The van der Waals surface area contributed by atoms with Gasteiger partial charge in [0.2, 0.25) is 0 Å². The number of piperidine rings is 1. The highest BCUT2D eigenvalue weighted by molar-refractivity contribution is 5.90. The standard InChI is InChI=1S/C27H26F2N2O2/c1-19-15-20(7-9-23(19)24-10-8-21(28)16-25(24)29)17-30-13-11-27(12-14-30)18-31(26(32)33-27)22-5-3-2-4-6-22/h2-10,15-16H,11-14,17-18H2,1H3. The average Bonchev–Trinajstić information content (AvgIpc) is 3.13. The number of hydrogen-bond acceptors (Lipinski definition) is 3. The Balaban J connectivity index is 1.23. The molecule has 0 atom stereocenters. The van der Waals surface area contributed by atoms with Gasteiger partial charge in [-0.15, -0.1) is 0 Å². The van der Waals surface area contributed by atoms with E-state index < -0.39 is 17.2 Å². The number of aryl methyl sites for hydroxylation is 1. The normalized spacial score (nSPS) is 18.0. The van der Waals surface area contributed by atoms with Crippen molar-refractivity contribution in [2.75, 3.05) is 24.5 Å². The van der Waals surface area contributed by atoms with E-state index >= 15 is 0 Å². The van der Waals surface area contributed by atoms with Crippen LogP contribution in [-0.2, 0) is 11.3 Å². The number of carbonyl (C=O) groups excluding carboxylic acids is 1. The van der Waals surface area contributed by atoms with Crippen molar-refractivity contribution in [1.29, 1.82) is 0 Å². The molecule has 170 valence electrons. The minimum absolute atomic E-state index is 0.270. The number of likely N-dealkylation sites (tertiary alicyclic amines) is 1. The molecule has 0 radical (unpaired) electrons. The highest BCUT2D eigenvalue weighted by Gasteiger charge is 2.47. The summed E-state index contributed by atoms with van der Waals surface area (Å²) >= 11 is 0. The molecule has 0 bridgehead atoms. The quantitative estimate of drug-likeness (QED) is 0.496. The summed E-state index contributed by atoms with van der Waals surface area (Å²) in [4.78, 5) is 16.6. The van der Waals surface area contributed by atoms with Crippen LogP contribution in [0.15, 0.2) is 66.7 Å². The summed E-state index contributed by atoms with van der Waals surface area (Å²) in [5, 5.41) is 0. The topological polar surface area (TPSA) is 32.8 Å². The molecule has 0 saturated carbocycles. The van der Waals surface area contributed by atoms with Gasteiger partial charge in [-0.25, -0.2) is 13.6 Å². The third-order valence-electron chi connectivity index (χ3n) is 6.72. The van der Waals surface area contributed by atoms with Gasteiger partial charge in [-0.3, -0.25) is 9.80 Å². The molecule has 2 heterocycles. The van der Waals surface area contributed by atoms with E-state index in [-0.39, 0.29) is 6.09 Å². The summed E-state index contributed by atoms with van der Waals surface area (Å²) in [6, 6.07) is 19.3. The molecule has 0 aliphatic carbocycles. The smallest absolute Gasteiger partial charge is 0.415 e. The lowest BCUT2D eigenvalue weighted by molar-refractivity contribution is -0.000974. The lowest BCUT2D eigenvalue weighted by Gasteiger charge is -2.37. The van der Waals surface area contributed by atoms with Crippen LogP contribution in [0.4, 0.5) is 19.3 Å². The van der Waals surface area contributed by atoms with Gasteiger partial charge in [0.1, 0.15) is 17.2 Å². The van der Waals surface area contributed by atoms with Crippen molar-refractivity contribution >= 4 is 11.8 Å². The van der Waals surface area contributed by atoms with E-state index in [1.165, 1.54) is 12.1 Å². The maximum Gasteiger partial charge on any atom is 0.415 e. The highest BCUT2D eigenvalue weighted by Crippen LogP contribution is 2.36. The van der Waals surface area contributed by atoms with E-state index in [4.69, 9.17) is 4.74 Å². The van der Waals surface area contributed by atoms with Crippen LogP contribution in [0.2, 0.25) is 0 Å². The molecule has 0 N–H and O–H groups in total. The number of hydrogen-bond donors (Lipinski definition) is 0. The second-order valence-corrected chi connectivity index (χ2v) is 9.02. The zero-order valence-corrected chi connectivity index (χ0v) is 18.6. The molecule has 2 fully saturated rings. The molecule has 5 rings (SSSR count). The number of para-hydroxylation sites is 1. The van der Waals surface area contributed by atoms with Crippen LogP contribution in [0, 0.1) is 18.6 Å². The van der Waals surface area contributed by atoms with Gasteiger partial charge in [0.05, 0.1) is 6.54 Å². The Morgan fingerprint density at radius 2 is 1.67 bits per heavy atom. The van der Waals surface area contributed by atoms with E-state index in [2.05, 4.69) is 11.0 Å². The number of halogens is 2. The number of amides is 1. The highest BCUT2D eigenvalue weighted by atomic mass is 19.1. The maximum absolute atomic E-state index is 14.2. The zero-order chi connectivity index (χ0) is 23.0. The molecule has 2 aliphatic rings. The Morgan fingerprint density at radius 3 is 2.36 bits per heavy atom. The largest absolute Gasteiger partial charge is 0.441 e. The number of benzene rings is 3. The zero-order valence-electron chi connectivity index (χ0n) is 18.6. The van der Waals surface area contributed by atoms with Crippen LogP contribution in [0.3, 0.4) is 0 Å². The van der Waals surface area contributed by atoms with Crippen molar-refractivity contribution in [2.45, 2.75) is 31.9 Å². The number of ether oxygens (including phenoxy) is 1. The summed E-state index contributed by atoms with van der Waals surface area (Å²) in [6.07, 6.45) is 1.31. The lowest BCUT2D eigenvalue weighted by atomic mass is 9.90. The molecular formula is C27H26F2N2O2. The first kappa shape index (κ1) is 21.6. The van der Waals surface area contributed by atoms with Gasteiger partial charge in [0.15, 0.2) is 0 Å². The molecule has 3 aromatic carbocycles. The molecule has 2 aliphatic heterocycles. The molecule has 2 saturated heterocycles. The Hall–Kier alpha value is -3.25. The van der Waals surface area contributed by atoms with E-state index in [0.717, 1.165) is 60.9 Å². The Kier molecular flexibility index (Phi) is 5.62. The van der Waals surface area contributed by atoms with Crippen molar-refractivity contribution in [1.82, 2.24) is 4.90 Å². The monoisotopic (exact) mass is 448 g/mol. The number of nitrogens with zero attached hydrogens (tertiary/aromatic N) is 2. The van der Waals surface area contributed by atoms with Crippen LogP contribution in [0.5, 0.6) is 0 Å². The fourth-order valence-electron chi connectivity index (χ4n) is 4.90.